The Hall–Kier alpha value is -4.33. The Balaban J connectivity index is 1.26. The monoisotopic (exact) mass is 498 g/mol. The number of rotatable bonds is 6. The highest BCUT2D eigenvalue weighted by atomic mass is 16.5. The van der Waals surface area contributed by atoms with Crippen molar-refractivity contribution in [2.24, 2.45) is 0 Å². The van der Waals surface area contributed by atoms with E-state index in [1.807, 2.05) is 80.6 Å². The molecule has 37 heavy (non-hydrogen) atoms. The Labute approximate surface area is 215 Å². The summed E-state index contributed by atoms with van der Waals surface area (Å²) in [6.07, 6.45) is 1.35. The van der Waals surface area contributed by atoms with Crippen LogP contribution in [0.3, 0.4) is 0 Å². The van der Waals surface area contributed by atoms with Gasteiger partial charge in [0.15, 0.2) is 0 Å². The molecule has 190 valence electrons. The van der Waals surface area contributed by atoms with Crippen LogP contribution < -0.4 is 15.4 Å². The highest BCUT2D eigenvalue weighted by Gasteiger charge is 2.25. The number of urea groups is 1. The number of carbonyl (C=O) groups excluding carboxylic acids is 2. The molecule has 0 unspecified atom stereocenters. The number of aryl methyl sites for hydroxylation is 2. The van der Waals surface area contributed by atoms with Gasteiger partial charge in [0, 0.05) is 24.8 Å². The molecule has 1 aliphatic rings. The molecule has 1 saturated heterocycles. The van der Waals surface area contributed by atoms with Crippen LogP contribution in [0.1, 0.15) is 40.2 Å². The summed E-state index contributed by atoms with van der Waals surface area (Å²) in [5.41, 5.74) is 2.89. The molecule has 0 atom stereocenters. The number of benzene rings is 3. The Morgan fingerprint density at radius 2 is 1.68 bits per heavy atom. The van der Waals surface area contributed by atoms with Crippen molar-refractivity contribution in [1.82, 2.24) is 15.4 Å². The molecule has 1 fully saturated rings. The van der Waals surface area contributed by atoms with E-state index in [4.69, 9.17) is 9.26 Å². The predicted molar refractivity (Wildman–Crippen MR) is 142 cm³/mol. The number of carbonyl (C=O) groups is 2. The maximum atomic E-state index is 13.4. The highest BCUT2D eigenvalue weighted by molar-refractivity contribution is 6.01. The van der Waals surface area contributed by atoms with E-state index in [-0.39, 0.29) is 24.6 Å². The van der Waals surface area contributed by atoms with Gasteiger partial charge in [-0.15, -0.1) is 0 Å². The lowest BCUT2D eigenvalue weighted by Crippen LogP contribution is -2.47. The van der Waals surface area contributed by atoms with E-state index in [0.29, 0.717) is 43.0 Å². The third-order valence-corrected chi connectivity index (χ3v) is 6.79. The van der Waals surface area contributed by atoms with E-state index in [0.717, 1.165) is 27.7 Å². The number of hydrogen-bond donors (Lipinski definition) is 2. The van der Waals surface area contributed by atoms with E-state index in [9.17, 15) is 9.59 Å². The summed E-state index contributed by atoms with van der Waals surface area (Å²) in [5.74, 6) is 1.02. The largest absolute Gasteiger partial charge is 0.488 e. The maximum Gasteiger partial charge on any atom is 0.321 e. The Morgan fingerprint density at radius 3 is 2.35 bits per heavy atom. The van der Waals surface area contributed by atoms with Gasteiger partial charge in [0.05, 0.1) is 16.8 Å². The highest BCUT2D eigenvalue weighted by Crippen LogP contribution is 2.28. The van der Waals surface area contributed by atoms with Crippen LogP contribution in [0.15, 0.2) is 71.3 Å². The van der Waals surface area contributed by atoms with Gasteiger partial charge in [0.1, 0.15) is 18.1 Å². The predicted octanol–water partition coefficient (Wildman–Crippen LogP) is 5.45. The zero-order valence-corrected chi connectivity index (χ0v) is 21.0. The fourth-order valence-electron chi connectivity index (χ4n) is 4.59. The van der Waals surface area contributed by atoms with Crippen LogP contribution in [0.5, 0.6) is 5.75 Å². The summed E-state index contributed by atoms with van der Waals surface area (Å²) in [6.45, 7) is 5.11. The molecule has 0 aliphatic carbocycles. The number of nitrogens with zero attached hydrogens (tertiary/aromatic N) is 2. The third kappa shape index (κ3) is 5.58. The second kappa shape index (κ2) is 10.7. The van der Waals surface area contributed by atoms with Crippen LogP contribution in [-0.4, -0.2) is 41.1 Å². The topological polar surface area (TPSA) is 96.7 Å². The fourth-order valence-corrected chi connectivity index (χ4v) is 4.59. The van der Waals surface area contributed by atoms with Crippen molar-refractivity contribution < 1.29 is 18.8 Å². The van der Waals surface area contributed by atoms with Crippen LogP contribution in [0.4, 0.5) is 10.5 Å². The van der Waals surface area contributed by atoms with Gasteiger partial charge in [-0.3, -0.25) is 4.79 Å². The molecule has 0 saturated carbocycles. The minimum Gasteiger partial charge on any atom is -0.488 e. The molecule has 0 spiro atoms. The van der Waals surface area contributed by atoms with E-state index >= 15 is 0 Å². The van der Waals surface area contributed by atoms with Gasteiger partial charge in [-0.1, -0.05) is 47.6 Å². The molecule has 0 radical (unpaired) electrons. The van der Waals surface area contributed by atoms with Crippen molar-refractivity contribution in [3.05, 3.63) is 89.3 Å². The molecular formula is C29H30N4O4. The number of amides is 3. The standard InChI is InChI=1S/C29H30N4O4/c1-19-26(20(2)37-32-19)18-36-27-17-22-9-7-6-8-21(22)16-25(27)28(34)30-24-12-14-33(15-13-24)29(35)31-23-10-4-3-5-11-23/h3-11,16-17,24H,12-15,18H2,1-2H3,(H,30,34)(H,31,35). The third-order valence-electron chi connectivity index (χ3n) is 6.79. The van der Waals surface area contributed by atoms with Gasteiger partial charge in [-0.25, -0.2) is 4.79 Å². The molecule has 0 bridgehead atoms. The zero-order valence-electron chi connectivity index (χ0n) is 21.0. The Bertz CT molecular complexity index is 1390. The molecule has 2 heterocycles. The second-order valence-corrected chi connectivity index (χ2v) is 9.32. The van der Waals surface area contributed by atoms with Crippen LogP contribution >= 0.6 is 0 Å². The lowest BCUT2D eigenvalue weighted by molar-refractivity contribution is 0.0915. The van der Waals surface area contributed by atoms with Crippen LogP contribution in [0.2, 0.25) is 0 Å². The first kappa shape index (κ1) is 24.4. The molecule has 8 nitrogen and oxygen atoms in total. The number of hydrogen-bond acceptors (Lipinski definition) is 5. The average Bonchev–Trinajstić information content (AvgIpc) is 3.24. The van der Waals surface area contributed by atoms with Crippen LogP contribution in [0.25, 0.3) is 10.8 Å². The second-order valence-electron chi connectivity index (χ2n) is 9.32. The fraction of sp³-hybridized carbons (Fsp3) is 0.276. The molecule has 3 amide bonds. The molecule has 2 N–H and O–H groups in total. The minimum atomic E-state index is -0.188. The number of fused-ring (bicyclic) bond motifs is 1. The van der Waals surface area contributed by atoms with Crippen molar-refractivity contribution in [3.8, 4) is 5.75 Å². The van der Waals surface area contributed by atoms with Gasteiger partial charge in [-0.2, -0.15) is 0 Å². The number of likely N-dealkylation sites (tertiary alicyclic amines) is 1. The van der Waals surface area contributed by atoms with E-state index in [1.165, 1.54) is 0 Å². The minimum absolute atomic E-state index is 0.0323. The van der Waals surface area contributed by atoms with Crippen molar-refractivity contribution in [2.45, 2.75) is 39.3 Å². The average molecular weight is 499 g/mol. The number of piperidine rings is 1. The van der Waals surface area contributed by atoms with Gasteiger partial charge in [-0.05, 0) is 61.7 Å². The SMILES string of the molecule is Cc1noc(C)c1COc1cc2ccccc2cc1C(=O)NC1CCN(C(=O)Nc2ccccc2)CC1. The Kier molecular flexibility index (Phi) is 7.07. The zero-order chi connectivity index (χ0) is 25.8. The van der Waals surface area contributed by atoms with Crippen LogP contribution in [-0.2, 0) is 6.61 Å². The van der Waals surface area contributed by atoms with Gasteiger partial charge in [0.2, 0.25) is 0 Å². The van der Waals surface area contributed by atoms with Crippen molar-refractivity contribution in [3.63, 3.8) is 0 Å². The molecule has 3 aromatic carbocycles. The van der Waals surface area contributed by atoms with Crippen LogP contribution in [0, 0.1) is 13.8 Å². The van der Waals surface area contributed by atoms with Gasteiger partial charge >= 0.3 is 6.03 Å². The number of nitrogens with one attached hydrogen (secondary N) is 2. The molecule has 5 rings (SSSR count). The summed E-state index contributed by atoms with van der Waals surface area (Å²) in [6, 6.07) is 20.9. The summed E-state index contributed by atoms with van der Waals surface area (Å²) in [5, 5.41) is 12.0. The lowest BCUT2D eigenvalue weighted by Gasteiger charge is -2.32. The quantitative estimate of drug-likeness (QED) is 0.369. The molecular weight excluding hydrogens is 468 g/mol. The van der Waals surface area contributed by atoms with Gasteiger partial charge in [0.25, 0.3) is 5.91 Å². The first-order chi connectivity index (χ1) is 18.0. The summed E-state index contributed by atoms with van der Waals surface area (Å²) in [4.78, 5) is 27.8. The molecule has 1 aliphatic heterocycles. The normalized spacial score (nSPS) is 13.9. The summed E-state index contributed by atoms with van der Waals surface area (Å²) < 4.78 is 11.4. The van der Waals surface area contributed by atoms with Crippen molar-refractivity contribution >= 4 is 28.4 Å². The summed E-state index contributed by atoms with van der Waals surface area (Å²) >= 11 is 0. The number of para-hydroxylation sites is 1. The van der Waals surface area contributed by atoms with Gasteiger partial charge < -0.3 is 24.8 Å². The van der Waals surface area contributed by atoms with Crippen molar-refractivity contribution in [2.75, 3.05) is 18.4 Å². The Morgan fingerprint density at radius 1 is 1.00 bits per heavy atom. The first-order valence-electron chi connectivity index (χ1n) is 12.5. The van der Waals surface area contributed by atoms with E-state index in [1.54, 1.807) is 4.90 Å². The first-order valence-corrected chi connectivity index (χ1v) is 12.5. The number of aromatic nitrogens is 1. The smallest absolute Gasteiger partial charge is 0.321 e. The maximum absolute atomic E-state index is 13.4. The molecule has 1 aromatic heterocycles. The van der Waals surface area contributed by atoms with E-state index < -0.39 is 0 Å². The lowest BCUT2D eigenvalue weighted by atomic mass is 10.0. The molecule has 4 aromatic rings. The molecule has 8 heteroatoms. The van der Waals surface area contributed by atoms with Crippen molar-refractivity contribution in [1.29, 1.82) is 0 Å². The summed E-state index contributed by atoms with van der Waals surface area (Å²) in [7, 11) is 0. The number of anilines is 1. The van der Waals surface area contributed by atoms with E-state index in [2.05, 4.69) is 15.8 Å². The number of ether oxygens (including phenoxy) is 1.